The Balaban J connectivity index is 1.88. The number of nitrogens with zero attached hydrogens (tertiary/aromatic N) is 3. The number of hydrogen-bond donors (Lipinski definition) is 1. The largest absolute Gasteiger partial charge is 0.312 e. The Morgan fingerprint density at radius 1 is 1.31 bits per heavy atom. The van der Waals surface area contributed by atoms with Crippen LogP contribution in [0.2, 0.25) is 0 Å². The summed E-state index contributed by atoms with van der Waals surface area (Å²) in [5.74, 6) is -0.0337. The molecular formula is C18H24N4O3S. The van der Waals surface area contributed by atoms with Crippen molar-refractivity contribution >= 4 is 21.6 Å². The molecule has 0 spiro atoms. The van der Waals surface area contributed by atoms with E-state index in [4.69, 9.17) is 0 Å². The lowest BCUT2D eigenvalue weighted by molar-refractivity contribution is -0.116. The van der Waals surface area contributed by atoms with Crippen molar-refractivity contribution in [1.82, 2.24) is 14.5 Å². The van der Waals surface area contributed by atoms with Crippen LogP contribution in [0.1, 0.15) is 42.4 Å². The highest BCUT2D eigenvalue weighted by molar-refractivity contribution is 7.89. The van der Waals surface area contributed by atoms with Crippen molar-refractivity contribution < 1.29 is 13.2 Å². The average molecular weight is 376 g/mol. The molecule has 2 heterocycles. The minimum atomic E-state index is -3.68. The second-order valence-corrected chi connectivity index (χ2v) is 8.48. The maximum atomic E-state index is 12.8. The summed E-state index contributed by atoms with van der Waals surface area (Å²) in [5, 5.41) is 4.35. The number of aryl methyl sites for hydroxylation is 2. The molecule has 1 aromatic carbocycles. The summed E-state index contributed by atoms with van der Waals surface area (Å²) < 4.78 is 30.2. The van der Waals surface area contributed by atoms with E-state index in [1.807, 2.05) is 27.8 Å². The Labute approximate surface area is 154 Å². The van der Waals surface area contributed by atoms with E-state index >= 15 is 0 Å². The Bertz CT molecular complexity index is 979. The highest BCUT2D eigenvalue weighted by Gasteiger charge is 2.27. The average Bonchev–Trinajstić information content (AvgIpc) is 3.07. The standard InChI is InChI=1S/C18H24N4O3S/c1-11-18(13(3)21(5)19-11)12(2)20-26(24,25)16-6-7-17-15(10-16)8-9-22(17)14(4)23/h6-7,10,12,20H,8-9H2,1-5H3/t12-/m0/s1. The number of nitrogens with one attached hydrogen (secondary N) is 1. The zero-order chi connectivity index (χ0) is 19.2. The van der Waals surface area contributed by atoms with Gasteiger partial charge < -0.3 is 4.90 Å². The summed E-state index contributed by atoms with van der Waals surface area (Å²) in [5.41, 5.74) is 4.31. The van der Waals surface area contributed by atoms with Gasteiger partial charge in [-0.05, 0) is 51.0 Å². The number of carbonyl (C=O) groups is 1. The van der Waals surface area contributed by atoms with E-state index in [0.29, 0.717) is 13.0 Å². The lowest BCUT2D eigenvalue weighted by Gasteiger charge is -2.17. The number of rotatable bonds is 4. The predicted molar refractivity (Wildman–Crippen MR) is 99.6 cm³/mol. The van der Waals surface area contributed by atoms with Crippen LogP contribution in [0.4, 0.5) is 5.69 Å². The Morgan fingerprint density at radius 3 is 2.58 bits per heavy atom. The van der Waals surface area contributed by atoms with Gasteiger partial charge in [-0.3, -0.25) is 9.48 Å². The number of hydrogen-bond acceptors (Lipinski definition) is 4. The van der Waals surface area contributed by atoms with Gasteiger partial charge in [0.2, 0.25) is 15.9 Å². The number of aromatic nitrogens is 2. The first-order valence-electron chi connectivity index (χ1n) is 8.55. The fraction of sp³-hybridized carbons (Fsp3) is 0.444. The molecule has 1 aliphatic heterocycles. The zero-order valence-electron chi connectivity index (χ0n) is 15.7. The maximum Gasteiger partial charge on any atom is 0.241 e. The Kier molecular flexibility index (Phi) is 4.66. The fourth-order valence-corrected chi connectivity index (χ4v) is 4.91. The molecule has 140 valence electrons. The first-order chi connectivity index (χ1) is 12.1. The molecule has 0 aliphatic carbocycles. The molecule has 0 bridgehead atoms. The summed E-state index contributed by atoms with van der Waals surface area (Å²) in [7, 11) is -1.84. The van der Waals surface area contributed by atoms with Gasteiger partial charge in [0.25, 0.3) is 0 Å². The highest BCUT2D eigenvalue weighted by Crippen LogP contribution is 2.31. The van der Waals surface area contributed by atoms with Gasteiger partial charge in [0.1, 0.15) is 0 Å². The van der Waals surface area contributed by atoms with Crippen LogP contribution < -0.4 is 9.62 Å². The third-order valence-electron chi connectivity index (χ3n) is 4.97. The molecule has 1 N–H and O–H groups in total. The molecular weight excluding hydrogens is 352 g/mol. The molecule has 0 saturated heterocycles. The monoisotopic (exact) mass is 376 g/mol. The van der Waals surface area contributed by atoms with E-state index in [2.05, 4.69) is 9.82 Å². The summed E-state index contributed by atoms with van der Waals surface area (Å²) in [6.07, 6.45) is 0.661. The van der Waals surface area contributed by atoms with Crippen LogP contribution >= 0.6 is 0 Å². The third-order valence-corrected chi connectivity index (χ3v) is 6.51. The molecule has 26 heavy (non-hydrogen) atoms. The molecule has 0 saturated carbocycles. The van der Waals surface area contributed by atoms with E-state index in [1.54, 1.807) is 27.8 Å². The predicted octanol–water partition coefficient (Wildman–Crippen LogP) is 1.99. The first-order valence-corrected chi connectivity index (χ1v) is 10.0. The maximum absolute atomic E-state index is 12.8. The first kappa shape index (κ1) is 18.6. The Hall–Kier alpha value is -2.19. The van der Waals surface area contributed by atoms with Gasteiger partial charge >= 0.3 is 0 Å². The fourth-order valence-electron chi connectivity index (χ4n) is 3.65. The van der Waals surface area contributed by atoms with Gasteiger partial charge in [-0.15, -0.1) is 0 Å². The van der Waals surface area contributed by atoms with Gasteiger partial charge in [-0.2, -0.15) is 5.10 Å². The number of fused-ring (bicyclic) bond motifs is 1. The minimum Gasteiger partial charge on any atom is -0.312 e. The van der Waals surface area contributed by atoms with Crippen molar-refractivity contribution in [2.45, 2.75) is 45.1 Å². The number of carbonyl (C=O) groups excluding carboxylic acids is 1. The van der Waals surface area contributed by atoms with Crippen molar-refractivity contribution in [1.29, 1.82) is 0 Å². The number of benzene rings is 1. The molecule has 7 nitrogen and oxygen atoms in total. The van der Waals surface area contributed by atoms with Crippen LogP contribution in [0.3, 0.4) is 0 Å². The number of amides is 1. The van der Waals surface area contributed by atoms with Crippen LogP contribution in [0.15, 0.2) is 23.1 Å². The highest BCUT2D eigenvalue weighted by atomic mass is 32.2. The van der Waals surface area contributed by atoms with Gasteiger partial charge in [0.05, 0.1) is 10.6 Å². The minimum absolute atomic E-state index is 0.0337. The van der Waals surface area contributed by atoms with Crippen molar-refractivity contribution in [2.24, 2.45) is 7.05 Å². The van der Waals surface area contributed by atoms with E-state index in [9.17, 15) is 13.2 Å². The molecule has 1 aliphatic rings. The van der Waals surface area contributed by atoms with Crippen LogP contribution in [0.25, 0.3) is 0 Å². The number of sulfonamides is 1. The molecule has 8 heteroatoms. The Morgan fingerprint density at radius 2 is 2.00 bits per heavy atom. The van der Waals surface area contributed by atoms with Gasteiger partial charge in [-0.25, -0.2) is 13.1 Å². The van der Waals surface area contributed by atoms with Crippen LogP contribution in [-0.4, -0.2) is 30.7 Å². The zero-order valence-corrected chi connectivity index (χ0v) is 16.5. The second kappa shape index (κ2) is 6.51. The van der Waals surface area contributed by atoms with Crippen LogP contribution in [0, 0.1) is 13.8 Å². The lowest BCUT2D eigenvalue weighted by Crippen LogP contribution is -2.28. The van der Waals surface area contributed by atoms with Gasteiger partial charge in [0, 0.05) is 43.5 Å². The topological polar surface area (TPSA) is 84.3 Å². The number of anilines is 1. The molecule has 0 fully saturated rings. The van der Waals surface area contributed by atoms with E-state index < -0.39 is 16.1 Å². The van der Waals surface area contributed by atoms with Gasteiger partial charge in [0.15, 0.2) is 0 Å². The third kappa shape index (κ3) is 3.14. The SMILES string of the molecule is CC(=O)N1CCc2cc(S(=O)(=O)N[C@@H](C)c3c(C)nn(C)c3C)ccc21. The smallest absolute Gasteiger partial charge is 0.241 e. The molecule has 1 aromatic heterocycles. The molecule has 1 amide bonds. The molecule has 1 atom stereocenters. The van der Waals surface area contributed by atoms with E-state index in [-0.39, 0.29) is 10.8 Å². The summed E-state index contributed by atoms with van der Waals surface area (Å²) in [4.78, 5) is 13.5. The molecule has 3 rings (SSSR count). The van der Waals surface area contributed by atoms with Crippen molar-refractivity contribution in [3.63, 3.8) is 0 Å². The summed E-state index contributed by atoms with van der Waals surface area (Å²) in [6.45, 7) is 7.72. The van der Waals surface area contributed by atoms with Gasteiger partial charge in [-0.1, -0.05) is 0 Å². The molecule has 2 aromatic rings. The van der Waals surface area contributed by atoms with Crippen molar-refractivity contribution in [2.75, 3.05) is 11.4 Å². The van der Waals surface area contributed by atoms with E-state index in [1.165, 1.54) is 6.92 Å². The lowest BCUT2D eigenvalue weighted by atomic mass is 10.1. The van der Waals surface area contributed by atoms with E-state index in [0.717, 1.165) is 28.2 Å². The van der Waals surface area contributed by atoms with Crippen molar-refractivity contribution in [3.8, 4) is 0 Å². The molecule has 0 radical (unpaired) electrons. The quantitative estimate of drug-likeness (QED) is 0.884. The summed E-state index contributed by atoms with van der Waals surface area (Å²) in [6, 6.07) is 4.54. The summed E-state index contributed by atoms with van der Waals surface area (Å²) >= 11 is 0. The molecule has 0 unspecified atom stereocenters. The second-order valence-electron chi connectivity index (χ2n) is 6.76. The normalized spacial score (nSPS) is 15.2. The van der Waals surface area contributed by atoms with Crippen LogP contribution in [0.5, 0.6) is 0 Å². The van der Waals surface area contributed by atoms with Crippen LogP contribution in [-0.2, 0) is 28.3 Å². The van der Waals surface area contributed by atoms with Crippen molar-refractivity contribution in [3.05, 3.63) is 40.7 Å².